The van der Waals surface area contributed by atoms with Crippen molar-refractivity contribution in [1.29, 1.82) is 0 Å². The lowest BCUT2D eigenvalue weighted by Crippen LogP contribution is -2.56. The fourth-order valence-electron chi connectivity index (χ4n) is 2.74. The van der Waals surface area contributed by atoms with Gasteiger partial charge < -0.3 is 10.2 Å². The molecule has 2 atom stereocenters. The molecule has 1 amide bonds. The highest BCUT2D eigenvalue weighted by atomic mass is 19.4. The number of rotatable bonds is 4. The molecule has 1 aromatic heterocycles. The summed E-state index contributed by atoms with van der Waals surface area (Å²) in [6, 6.07) is -2.02. The van der Waals surface area contributed by atoms with Crippen molar-refractivity contribution in [2.24, 2.45) is 7.05 Å². The minimum Gasteiger partial charge on any atom is -0.338 e. The number of hydrogen-bond acceptors (Lipinski definition) is 4. The second-order valence-electron chi connectivity index (χ2n) is 5.75. The maximum absolute atomic E-state index is 12.8. The number of amides is 1. The Morgan fingerprint density at radius 3 is 2.35 bits per heavy atom. The third-order valence-corrected chi connectivity index (χ3v) is 4.24. The third-order valence-electron chi connectivity index (χ3n) is 4.24. The van der Waals surface area contributed by atoms with Crippen LogP contribution in [0.2, 0.25) is 0 Å². The second-order valence-corrected chi connectivity index (χ2v) is 5.75. The lowest BCUT2D eigenvalue weighted by molar-refractivity contribution is -0.183. The molecule has 2 heterocycles. The van der Waals surface area contributed by atoms with Crippen LogP contribution in [0.25, 0.3) is 0 Å². The Morgan fingerprint density at radius 2 is 1.91 bits per heavy atom. The molecule has 23 heavy (non-hydrogen) atoms. The van der Waals surface area contributed by atoms with Gasteiger partial charge in [-0.05, 0) is 14.0 Å². The Bertz CT molecular complexity index is 537. The van der Waals surface area contributed by atoms with E-state index in [0.717, 1.165) is 12.5 Å². The van der Waals surface area contributed by atoms with Crippen molar-refractivity contribution in [3.63, 3.8) is 0 Å². The van der Waals surface area contributed by atoms with E-state index in [2.05, 4.69) is 10.4 Å². The number of piperazine rings is 1. The van der Waals surface area contributed by atoms with Gasteiger partial charge in [0.15, 0.2) is 0 Å². The lowest BCUT2D eigenvalue weighted by Gasteiger charge is -2.39. The van der Waals surface area contributed by atoms with Gasteiger partial charge in [-0.3, -0.25) is 14.4 Å². The number of likely N-dealkylation sites (N-methyl/N-ethyl adjacent to an activating group) is 1. The van der Waals surface area contributed by atoms with Gasteiger partial charge in [0.2, 0.25) is 5.91 Å². The smallest absolute Gasteiger partial charge is 0.338 e. The van der Waals surface area contributed by atoms with E-state index >= 15 is 0 Å². The molecule has 1 fully saturated rings. The van der Waals surface area contributed by atoms with Gasteiger partial charge in [-0.15, -0.1) is 0 Å². The molecule has 2 rings (SSSR count). The highest BCUT2D eigenvalue weighted by Gasteiger charge is 2.41. The van der Waals surface area contributed by atoms with Crippen LogP contribution in [-0.4, -0.2) is 70.9 Å². The summed E-state index contributed by atoms with van der Waals surface area (Å²) in [5.41, 5.74) is 0.742. The third kappa shape index (κ3) is 4.03. The first-order valence-electron chi connectivity index (χ1n) is 7.49. The molecule has 1 saturated heterocycles. The van der Waals surface area contributed by atoms with E-state index < -0.39 is 18.3 Å². The predicted molar refractivity (Wildman–Crippen MR) is 78.7 cm³/mol. The number of halogens is 3. The summed E-state index contributed by atoms with van der Waals surface area (Å²) in [7, 11) is 3.44. The van der Waals surface area contributed by atoms with Crippen LogP contribution in [0, 0.1) is 0 Å². The first-order valence-corrected chi connectivity index (χ1v) is 7.49. The molecule has 1 aliphatic rings. The van der Waals surface area contributed by atoms with Gasteiger partial charge in [-0.25, -0.2) is 0 Å². The van der Waals surface area contributed by atoms with Gasteiger partial charge in [0, 0.05) is 45.0 Å². The highest BCUT2D eigenvalue weighted by Crippen LogP contribution is 2.25. The number of aromatic nitrogens is 2. The molecule has 1 aliphatic heterocycles. The maximum atomic E-state index is 12.8. The highest BCUT2D eigenvalue weighted by molar-refractivity contribution is 5.83. The largest absolute Gasteiger partial charge is 0.403 e. The molecular formula is C14H22F3N5O. The Labute approximate surface area is 133 Å². The van der Waals surface area contributed by atoms with Gasteiger partial charge in [0.05, 0.1) is 6.20 Å². The Kier molecular flexibility index (Phi) is 5.30. The monoisotopic (exact) mass is 333 g/mol. The van der Waals surface area contributed by atoms with Crippen LogP contribution in [0.4, 0.5) is 13.2 Å². The van der Waals surface area contributed by atoms with Crippen LogP contribution in [0.3, 0.4) is 0 Å². The molecule has 0 aliphatic carbocycles. The number of carbonyl (C=O) groups is 1. The van der Waals surface area contributed by atoms with Crippen molar-refractivity contribution in [2.45, 2.75) is 25.2 Å². The van der Waals surface area contributed by atoms with E-state index in [1.54, 1.807) is 36.1 Å². The van der Waals surface area contributed by atoms with E-state index in [9.17, 15) is 18.0 Å². The molecule has 0 radical (unpaired) electrons. The second kappa shape index (κ2) is 6.88. The molecule has 6 nitrogen and oxygen atoms in total. The van der Waals surface area contributed by atoms with Gasteiger partial charge in [-0.2, -0.15) is 18.3 Å². The molecule has 2 unspecified atom stereocenters. The molecule has 130 valence electrons. The Balaban J connectivity index is 1.97. The lowest BCUT2D eigenvalue weighted by atomic mass is 10.1. The molecule has 0 aromatic carbocycles. The van der Waals surface area contributed by atoms with Gasteiger partial charge >= 0.3 is 6.18 Å². The zero-order valence-corrected chi connectivity index (χ0v) is 13.5. The fraction of sp³-hybridized carbons (Fsp3) is 0.714. The number of nitrogens with zero attached hydrogens (tertiary/aromatic N) is 4. The fourth-order valence-corrected chi connectivity index (χ4v) is 2.74. The Hall–Kier alpha value is -1.61. The zero-order valence-electron chi connectivity index (χ0n) is 13.5. The van der Waals surface area contributed by atoms with E-state index in [4.69, 9.17) is 0 Å². The summed E-state index contributed by atoms with van der Waals surface area (Å²) >= 11 is 0. The number of carbonyl (C=O) groups excluding carboxylic acids is 1. The van der Waals surface area contributed by atoms with Crippen molar-refractivity contribution >= 4 is 5.91 Å². The SMILES string of the molecule is CNC(C(=O)N1CCN(C(C)C(F)(F)F)CC1)c1cnn(C)c1. The van der Waals surface area contributed by atoms with Crippen LogP contribution >= 0.6 is 0 Å². The summed E-state index contributed by atoms with van der Waals surface area (Å²) in [6.45, 7) is 2.17. The first-order chi connectivity index (χ1) is 10.7. The normalized spacial score (nSPS) is 19.7. The molecule has 1 aromatic rings. The van der Waals surface area contributed by atoms with Gasteiger partial charge in [0.25, 0.3) is 0 Å². The van der Waals surface area contributed by atoms with Crippen LogP contribution in [-0.2, 0) is 11.8 Å². The summed E-state index contributed by atoms with van der Waals surface area (Å²) < 4.78 is 39.9. The van der Waals surface area contributed by atoms with Crippen molar-refractivity contribution in [3.05, 3.63) is 18.0 Å². The van der Waals surface area contributed by atoms with Crippen LogP contribution in [0.1, 0.15) is 18.5 Å². The van der Waals surface area contributed by atoms with E-state index in [-0.39, 0.29) is 32.1 Å². The number of alkyl halides is 3. The predicted octanol–water partition coefficient (Wildman–Crippen LogP) is 0.776. The minimum atomic E-state index is -4.24. The van der Waals surface area contributed by atoms with E-state index in [1.807, 2.05) is 0 Å². The van der Waals surface area contributed by atoms with Crippen LogP contribution in [0.5, 0.6) is 0 Å². The van der Waals surface area contributed by atoms with Gasteiger partial charge in [-0.1, -0.05) is 0 Å². The van der Waals surface area contributed by atoms with E-state index in [0.29, 0.717) is 0 Å². The van der Waals surface area contributed by atoms with Gasteiger partial charge in [0.1, 0.15) is 12.1 Å². The molecular weight excluding hydrogens is 311 g/mol. The molecule has 0 spiro atoms. The number of nitrogens with one attached hydrogen (secondary N) is 1. The number of hydrogen-bond donors (Lipinski definition) is 1. The van der Waals surface area contributed by atoms with Crippen molar-refractivity contribution in [2.75, 3.05) is 33.2 Å². The number of aryl methyl sites for hydroxylation is 1. The molecule has 9 heteroatoms. The quantitative estimate of drug-likeness (QED) is 0.885. The summed E-state index contributed by atoms with van der Waals surface area (Å²) in [5.74, 6) is -0.139. The van der Waals surface area contributed by atoms with Crippen LogP contribution < -0.4 is 5.32 Å². The average molecular weight is 333 g/mol. The summed E-state index contributed by atoms with van der Waals surface area (Å²) in [4.78, 5) is 15.6. The first kappa shape index (κ1) is 17.7. The average Bonchev–Trinajstić information content (AvgIpc) is 2.92. The van der Waals surface area contributed by atoms with Crippen LogP contribution in [0.15, 0.2) is 12.4 Å². The Morgan fingerprint density at radius 1 is 1.30 bits per heavy atom. The summed E-state index contributed by atoms with van der Waals surface area (Å²) in [5, 5.41) is 7.00. The maximum Gasteiger partial charge on any atom is 0.403 e. The summed E-state index contributed by atoms with van der Waals surface area (Å²) in [6.07, 6.45) is -0.877. The van der Waals surface area contributed by atoms with Crippen molar-refractivity contribution < 1.29 is 18.0 Å². The standard InChI is InChI=1S/C14H22F3N5O/c1-10(14(15,16)17)21-4-6-22(7-5-21)13(23)12(18-2)11-8-19-20(3)9-11/h8-10,12,18H,4-7H2,1-3H3. The van der Waals surface area contributed by atoms with Crippen molar-refractivity contribution in [1.82, 2.24) is 24.9 Å². The van der Waals surface area contributed by atoms with Crippen molar-refractivity contribution in [3.8, 4) is 0 Å². The molecule has 0 bridgehead atoms. The molecule has 1 N–H and O–H groups in total. The molecule has 0 saturated carbocycles. The van der Waals surface area contributed by atoms with E-state index in [1.165, 1.54) is 4.90 Å². The zero-order chi connectivity index (χ0) is 17.2. The minimum absolute atomic E-state index is 0.139. The topological polar surface area (TPSA) is 53.4 Å².